The van der Waals surface area contributed by atoms with Gasteiger partial charge in [0.25, 0.3) is 5.91 Å². The summed E-state index contributed by atoms with van der Waals surface area (Å²) in [5, 5.41) is 12.8. The quantitative estimate of drug-likeness (QED) is 0.681. The van der Waals surface area contributed by atoms with Crippen molar-refractivity contribution < 1.29 is 4.79 Å². The van der Waals surface area contributed by atoms with E-state index >= 15 is 0 Å². The first kappa shape index (κ1) is 13.4. The van der Waals surface area contributed by atoms with Crippen LogP contribution in [0.3, 0.4) is 0 Å². The van der Waals surface area contributed by atoms with Crippen molar-refractivity contribution in [1.29, 1.82) is 5.26 Å². The number of nitriles is 1. The zero-order valence-corrected chi connectivity index (χ0v) is 10.9. The summed E-state index contributed by atoms with van der Waals surface area (Å²) in [5.74, 6) is -0.291. The number of hydrogen-bond donors (Lipinski definition) is 1. The number of benzene rings is 1. The lowest BCUT2D eigenvalue weighted by Gasteiger charge is -2.03. The number of rotatable bonds is 3. The lowest BCUT2D eigenvalue weighted by Crippen LogP contribution is -2.19. The molecule has 2 rings (SSSR count). The molecule has 0 saturated carbocycles. The van der Waals surface area contributed by atoms with Gasteiger partial charge in [-0.2, -0.15) is 10.4 Å². The number of carbonyl (C=O) groups excluding carboxylic acids is 1. The third-order valence-corrected chi connectivity index (χ3v) is 2.70. The Labute approximate surface area is 116 Å². The van der Waals surface area contributed by atoms with Crippen LogP contribution < -0.4 is 5.43 Å². The van der Waals surface area contributed by atoms with Crippen molar-refractivity contribution in [1.82, 2.24) is 10.4 Å². The predicted molar refractivity (Wildman–Crippen MR) is 75.1 cm³/mol. The first-order valence-corrected chi connectivity index (χ1v) is 5.96. The van der Waals surface area contributed by atoms with Gasteiger partial charge in [-0.05, 0) is 36.8 Å². The zero-order chi connectivity index (χ0) is 14.4. The van der Waals surface area contributed by atoms with E-state index in [1.165, 1.54) is 0 Å². The van der Waals surface area contributed by atoms with Crippen LogP contribution in [0.25, 0.3) is 0 Å². The lowest BCUT2D eigenvalue weighted by atomic mass is 10.1. The number of carbonyl (C=O) groups is 1. The van der Waals surface area contributed by atoms with Crippen LogP contribution in [0.15, 0.2) is 53.9 Å². The summed E-state index contributed by atoms with van der Waals surface area (Å²) in [6, 6.07) is 12.3. The fourth-order valence-corrected chi connectivity index (χ4v) is 1.55. The van der Waals surface area contributed by atoms with E-state index in [-0.39, 0.29) is 5.91 Å². The van der Waals surface area contributed by atoms with E-state index in [2.05, 4.69) is 15.5 Å². The predicted octanol–water partition coefficient (Wildman–Crippen LogP) is 2.11. The Kier molecular flexibility index (Phi) is 4.20. The minimum atomic E-state index is -0.291. The van der Waals surface area contributed by atoms with Gasteiger partial charge >= 0.3 is 0 Å². The number of hydrogen-bond acceptors (Lipinski definition) is 4. The van der Waals surface area contributed by atoms with Crippen molar-refractivity contribution >= 4 is 11.6 Å². The molecule has 1 N–H and O–H groups in total. The minimum Gasteiger partial charge on any atom is -0.267 e. The Morgan fingerprint density at radius 2 is 1.80 bits per heavy atom. The van der Waals surface area contributed by atoms with Crippen LogP contribution in [0.5, 0.6) is 0 Å². The second-order valence-corrected chi connectivity index (χ2v) is 4.06. The number of pyridine rings is 1. The van der Waals surface area contributed by atoms with Crippen molar-refractivity contribution in [3.05, 3.63) is 65.5 Å². The highest BCUT2D eigenvalue weighted by molar-refractivity contribution is 6.00. The van der Waals surface area contributed by atoms with Crippen LogP contribution in [0.1, 0.15) is 28.4 Å². The standard InChI is InChI=1S/C15H12N4O/c1-11(13-4-2-12(10-16)3-5-13)18-19-15(20)14-6-8-17-9-7-14/h2-9H,1H3,(H,19,20). The van der Waals surface area contributed by atoms with Gasteiger partial charge in [0, 0.05) is 18.0 Å². The van der Waals surface area contributed by atoms with Crippen molar-refractivity contribution in [3.63, 3.8) is 0 Å². The van der Waals surface area contributed by atoms with Gasteiger partial charge in [0.1, 0.15) is 0 Å². The lowest BCUT2D eigenvalue weighted by molar-refractivity contribution is 0.0954. The Bertz CT molecular complexity index is 669. The van der Waals surface area contributed by atoms with E-state index in [0.717, 1.165) is 5.56 Å². The van der Waals surface area contributed by atoms with Gasteiger partial charge in [0.2, 0.25) is 0 Å². The first-order valence-electron chi connectivity index (χ1n) is 5.96. The van der Waals surface area contributed by atoms with E-state index in [4.69, 9.17) is 5.26 Å². The van der Waals surface area contributed by atoms with Crippen molar-refractivity contribution in [2.75, 3.05) is 0 Å². The van der Waals surface area contributed by atoms with E-state index in [1.54, 1.807) is 55.7 Å². The highest BCUT2D eigenvalue weighted by Gasteiger charge is 2.04. The molecule has 98 valence electrons. The second kappa shape index (κ2) is 6.25. The molecule has 1 heterocycles. The molecule has 0 aliphatic rings. The van der Waals surface area contributed by atoms with Crippen LogP contribution in [0.2, 0.25) is 0 Å². The molecule has 0 bridgehead atoms. The Hall–Kier alpha value is -3.00. The maximum atomic E-state index is 11.8. The minimum absolute atomic E-state index is 0.291. The fourth-order valence-electron chi connectivity index (χ4n) is 1.55. The highest BCUT2D eigenvalue weighted by atomic mass is 16.2. The van der Waals surface area contributed by atoms with Gasteiger partial charge in [0.05, 0.1) is 17.3 Å². The fraction of sp³-hybridized carbons (Fsp3) is 0.0667. The largest absolute Gasteiger partial charge is 0.271 e. The van der Waals surface area contributed by atoms with Crippen molar-refractivity contribution in [3.8, 4) is 6.07 Å². The van der Waals surface area contributed by atoms with Gasteiger partial charge < -0.3 is 0 Å². The number of nitrogens with one attached hydrogen (secondary N) is 1. The molecule has 0 spiro atoms. The zero-order valence-electron chi connectivity index (χ0n) is 10.9. The first-order chi connectivity index (χ1) is 9.70. The van der Waals surface area contributed by atoms with Gasteiger partial charge in [-0.15, -0.1) is 0 Å². The molecule has 0 fully saturated rings. The normalized spacial score (nSPS) is 10.7. The third kappa shape index (κ3) is 3.27. The van der Waals surface area contributed by atoms with Gasteiger partial charge in [-0.3, -0.25) is 9.78 Å². The average molecular weight is 264 g/mol. The molecule has 0 aliphatic carbocycles. The van der Waals surface area contributed by atoms with Crippen LogP contribution in [-0.4, -0.2) is 16.6 Å². The molecular formula is C15H12N4O. The second-order valence-electron chi connectivity index (χ2n) is 4.06. The molecule has 2 aromatic rings. The molecule has 5 heteroatoms. The molecule has 0 aliphatic heterocycles. The number of aromatic nitrogens is 1. The summed E-state index contributed by atoms with van der Waals surface area (Å²) in [6.07, 6.45) is 3.10. The molecule has 1 amide bonds. The Morgan fingerprint density at radius 1 is 1.15 bits per heavy atom. The smallest absolute Gasteiger partial charge is 0.267 e. The maximum Gasteiger partial charge on any atom is 0.271 e. The van der Waals surface area contributed by atoms with Crippen LogP contribution in [-0.2, 0) is 0 Å². The summed E-state index contributed by atoms with van der Waals surface area (Å²) in [6.45, 7) is 1.79. The third-order valence-electron chi connectivity index (χ3n) is 2.70. The number of amides is 1. The van der Waals surface area contributed by atoms with Crippen LogP contribution in [0, 0.1) is 11.3 Å². The van der Waals surface area contributed by atoms with E-state index in [1.807, 2.05) is 6.07 Å². The van der Waals surface area contributed by atoms with Gasteiger partial charge in [-0.1, -0.05) is 12.1 Å². The van der Waals surface area contributed by atoms with Crippen LogP contribution >= 0.6 is 0 Å². The topological polar surface area (TPSA) is 78.1 Å². The average Bonchev–Trinajstić information content (AvgIpc) is 2.53. The van der Waals surface area contributed by atoms with Crippen molar-refractivity contribution in [2.24, 2.45) is 5.10 Å². The molecule has 0 saturated heterocycles. The molecule has 5 nitrogen and oxygen atoms in total. The SMILES string of the molecule is CC(=NNC(=O)c1ccncc1)c1ccc(C#N)cc1. The van der Waals surface area contributed by atoms with Gasteiger partial charge in [0.15, 0.2) is 0 Å². The molecule has 0 radical (unpaired) electrons. The highest BCUT2D eigenvalue weighted by Crippen LogP contribution is 2.04. The molecular weight excluding hydrogens is 252 g/mol. The number of nitrogens with zero attached hydrogens (tertiary/aromatic N) is 3. The summed E-state index contributed by atoms with van der Waals surface area (Å²) in [4.78, 5) is 15.6. The molecule has 1 aromatic heterocycles. The summed E-state index contributed by atoms with van der Waals surface area (Å²) in [7, 11) is 0. The van der Waals surface area contributed by atoms with E-state index < -0.39 is 0 Å². The van der Waals surface area contributed by atoms with E-state index in [0.29, 0.717) is 16.8 Å². The monoisotopic (exact) mass is 264 g/mol. The van der Waals surface area contributed by atoms with Gasteiger partial charge in [-0.25, -0.2) is 5.43 Å². The summed E-state index contributed by atoms with van der Waals surface area (Å²) in [5.41, 5.74) is 5.07. The summed E-state index contributed by atoms with van der Waals surface area (Å²) >= 11 is 0. The maximum absolute atomic E-state index is 11.8. The van der Waals surface area contributed by atoms with Crippen LogP contribution in [0.4, 0.5) is 0 Å². The molecule has 1 aromatic carbocycles. The Balaban J connectivity index is 2.07. The Morgan fingerprint density at radius 3 is 2.40 bits per heavy atom. The number of hydrazone groups is 1. The molecule has 0 atom stereocenters. The summed E-state index contributed by atoms with van der Waals surface area (Å²) < 4.78 is 0. The van der Waals surface area contributed by atoms with E-state index in [9.17, 15) is 4.79 Å². The molecule has 0 unspecified atom stereocenters. The molecule has 20 heavy (non-hydrogen) atoms. The van der Waals surface area contributed by atoms with Crippen molar-refractivity contribution in [2.45, 2.75) is 6.92 Å².